The number of ether oxygens (including phenoxy) is 1. The van der Waals surface area contributed by atoms with E-state index in [0.29, 0.717) is 44.6 Å². The van der Waals surface area contributed by atoms with Crippen LogP contribution in [-0.2, 0) is 14.3 Å². The van der Waals surface area contributed by atoms with Crippen molar-refractivity contribution in [3.05, 3.63) is 35.9 Å². The molecule has 0 unspecified atom stereocenters. The minimum atomic E-state index is -0.772. The van der Waals surface area contributed by atoms with Crippen LogP contribution in [0.5, 0.6) is 0 Å². The van der Waals surface area contributed by atoms with Crippen LogP contribution in [0.2, 0.25) is 0 Å². The second kappa shape index (κ2) is 10.9. The third-order valence-corrected chi connectivity index (χ3v) is 9.91. The van der Waals surface area contributed by atoms with Crippen LogP contribution >= 0.6 is 0 Å². The number of alkyl halides is 1. The van der Waals surface area contributed by atoms with Crippen LogP contribution in [0.25, 0.3) is 0 Å². The summed E-state index contributed by atoms with van der Waals surface area (Å²) in [5, 5.41) is 6.46. The number of amides is 3. The highest BCUT2D eigenvalue weighted by Crippen LogP contribution is 2.54. The third-order valence-electron chi connectivity index (χ3n) is 9.91. The van der Waals surface area contributed by atoms with E-state index in [4.69, 9.17) is 4.74 Å². The number of carbonyl (C=O) groups is 3. The Morgan fingerprint density at radius 1 is 1.00 bits per heavy atom. The summed E-state index contributed by atoms with van der Waals surface area (Å²) in [6.07, 6.45) is 5.90. The van der Waals surface area contributed by atoms with Gasteiger partial charge in [-0.25, -0.2) is 9.18 Å². The molecule has 1 aromatic carbocycles. The summed E-state index contributed by atoms with van der Waals surface area (Å²) < 4.78 is 19.1. The lowest BCUT2D eigenvalue weighted by molar-refractivity contribution is -0.148. The minimum Gasteiger partial charge on any atom is -0.444 e. The number of benzene rings is 1. The summed E-state index contributed by atoms with van der Waals surface area (Å²) in [5.41, 5.74) is 0.486. The average Bonchev–Trinajstić information content (AvgIpc) is 3.39. The van der Waals surface area contributed by atoms with Gasteiger partial charge < -0.3 is 25.2 Å². The van der Waals surface area contributed by atoms with Crippen LogP contribution in [0.4, 0.5) is 9.18 Å². The molecule has 0 bridgehead atoms. The van der Waals surface area contributed by atoms with E-state index in [2.05, 4.69) is 39.8 Å². The summed E-state index contributed by atoms with van der Waals surface area (Å²) >= 11 is 0. The first-order valence-corrected chi connectivity index (χ1v) is 15.6. The lowest BCUT2D eigenvalue weighted by Gasteiger charge is -2.41. The normalized spacial score (nSPS) is 34.4. The lowest BCUT2D eigenvalue weighted by Crippen LogP contribution is -2.60. The van der Waals surface area contributed by atoms with Gasteiger partial charge in [0.1, 0.15) is 23.9 Å². The standard InChI is InChI=1S/C32H45FN4O4/c1-31(2,3)41-30(40)35-26-11-9-23(34-24-15-22(33)16-24)17-25-10-12-27(37(25)28(26)38)29(39)36-19-21(18-32(36)13-14-32)20-7-5-4-6-8-20/h4-8,21-27,34H,9-19H2,1-3H3,(H,35,40)/t21-,22?,23+,24?,25-,26+,27+/m1/s1. The lowest BCUT2D eigenvalue weighted by atomic mass is 9.87. The van der Waals surface area contributed by atoms with E-state index in [1.165, 1.54) is 5.56 Å². The first kappa shape index (κ1) is 28.4. The van der Waals surface area contributed by atoms with E-state index in [9.17, 15) is 18.8 Å². The molecule has 2 aliphatic carbocycles. The Hall–Kier alpha value is -2.68. The van der Waals surface area contributed by atoms with Gasteiger partial charge in [-0.05, 0) is 90.5 Å². The van der Waals surface area contributed by atoms with Crippen molar-refractivity contribution in [2.24, 2.45) is 0 Å². The molecule has 3 heterocycles. The highest BCUT2D eigenvalue weighted by molar-refractivity contribution is 5.93. The number of hydrogen-bond acceptors (Lipinski definition) is 5. The maximum atomic E-state index is 14.3. The number of carbonyl (C=O) groups excluding carboxylic acids is 3. The zero-order valence-corrected chi connectivity index (χ0v) is 24.6. The van der Waals surface area contributed by atoms with Crippen molar-refractivity contribution in [3.63, 3.8) is 0 Å². The maximum Gasteiger partial charge on any atom is 0.408 e. The van der Waals surface area contributed by atoms with Crippen molar-refractivity contribution < 1.29 is 23.5 Å². The smallest absolute Gasteiger partial charge is 0.408 e. The molecule has 6 rings (SSSR count). The third kappa shape index (κ3) is 5.97. The molecule has 41 heavy (non-hydrogen) atoms. The Balaban J connectivity index is 1.22. The van der Waals surface area contributed by atoms with Crippen LogP contribution in [-0.4, -0.2) is 81.8 Å². The first-order chi connectivity index (χ1) is 19.5. The minimum absolute atomic E-state index is 0.0529. The summed E-state index contributed by atoms with van der Waals surface area (Å²) in [7, 11) is 0. The molecule has 1 aromatic rings. The molecule has 2 saturated carbocycles. The molecular formula is C32H45FN4O4. The van der Waals surface area contributed by atoms with E-state index in [0.717, 1.165) is 32.1 Å². The van der Waals surface area contributed by atoms with Crippen LogP contribution in [0, 0.1) is 0 Å². The van der Waals surface area contributed by atoms with Gasteiger partial charge in [0.05, 0.1) is 0 Å². The molecule has 8 nitrogen and oxygen atoms in total. The molecular weight excluding hydrogens is 523 g/mol. The fourth-order valence-electron chi connectivity index (χ4n) is 7.68. The Labute approximate surface area is 242 Å². The molecule has 1 spiro atoms. The number of rotatable bonds is 5. The van der Waals surface area contributed by atoms with Crippen molar-refractivity contribution in [2.45, 2.75) is 138 Å². The van der Waals surface area contributed by atoms with E-state index in [1.807, 2.05) is 11.0 Å². The highest BCUT2D eigenvalue weighted by Gasteiger charge is 2.58. The molecule has 0 radical (unpaired) electrons. The van der Waals surface area contributed by atoms with Gasteiger partial charge in [0.25, 0.3) is 0 Å². The summed E-state index contributed by atoms with van der Waals surface area (Å²) in [6, 6.07) is 9.26. The monoisotopic (exact) mass is 568 g/mol. The van der Waals surface area contributed by atoms with E-state index in [1.54, 1.807) is 20.8 Å². The van der Waals surface area contributed by atoms with Crippen molar-refractivity contribution in [1.82, 2.24) is 20.4 Å². The average molecular weight is 569 g/mol. The molecule has 5 atom stereocenters. The van der Waals surface area contributed by atoms with Gasteiger partial charge in [0.2, 0.25) is 11.8 Å². The molecule has 0 aromatic heterocycles. The van der Waals surface area contributed by atoms with E-state index < -0.39 is 29.9 Å². The molecule has 3 saturated heterocycles. The number of fused-ring (bicyclic) bond motifs is 1. The second-order valence-corrected chi connectivity index (χ2v) is 14.1. The number of alkyl carbamates (subject to hydrolysis) is 1. The van der Waals surface area contributed by atoms with Crippen molar-refractivity contribution in [1.29, 1.82) is 0 Å². The van der Waals surface area contributed by atoms with Gasteiger partial charge >= 0.3 is 6.09 Å². The molecule has 9 heteroatoms. The predicted octanol–water partition coefficient (Wildman–Crippen LogP) is 4.43. The first-order valence-electron chi connectivity index (χ1n) is 15.6. The van der Waals surface area contributed by atoms with Gasteiger partial charge in [0, 0.05) is 36.1 Å². The number of likely N-dealkylation sites (tertiary alicyclic amines) is 1. The van der Waals surface area contributed by atoms with Crippen molar-refractivity contribution in [2.75, 3.05) is 6.54 Å². The fourth-order valence-corrected chi connectivity index (χ4v) is 7.68. The molecule has 2 N–H and O–H groups in total. The van der Waals surface area contributed by atoms with E-state index >= 15 is 0 Å². The molecule has 5 fully saturated rings. The van der Waals surface area contributed by atoms with E-state index in [-0.39, 0.29) is 35.5 Å². The van der Waals surface area contributed by atoms with Crippen LogP contribution < -0.4 is 10.6 Å². The van der Waals surface area contributed by atoms with Crippen molar-refractivity contribution in [3.8, 4) is 0 Å². The Morgan fingerprint density at radius 3 is 2.39 bits per heavy atom. The molecule has 3 aliphatic heterocycles. The van der Waals surface area contributed by atoms with Crippen molar-refractivity contribution >= 4 is 17.9 Å². The number of nitrogens with one attached hydrogen (secondary N) is 2. The summed E-state index contributed by atoms with van der Waals surface area (Å²) in [6.45, 7) is 6.06. The van der Waals surface area contributed by atoms with Gasteiger partial charge in [-0.3, -0.25) is 9.59 Å². The molecule has 5 aliphatic rings. The van der Waals surface area contributed by atoms with Crippen LogP contribution in [0.1, 0.15) is 96.5 Å². The maximum absolute atomic E-state index is 14.3. The predicted molar refractivity (Wildman–Crippen MR) is 153 cm³/mol. The number of hydrogen-bond donors (Lipinski definition) is 2. The van der Waals surface area contributed by atoms with Gasteiger partial charge in [-0.2, -0.15) is 0 Å². The number of nitrogens with zero attached hydrogens (tertiary/aromatic N) is 2. The summed E-state index contributed by atoms with van der Waals surface area (Å²) in [5.74, 6) is 0.170. The zero-order valence-electron chi connectivity index (χ0n) is 24.6. The van der Waals surface area contributed by atoms with Gasteiger partial charge in [0.15, 0.2) is 0 Å². The Morgan fingerprint density at radius 2 is 1.73 bits per heavy atom. The largest absolute Gasteiger partial charge is 0.444 e. The quantitative estimate of drug-likeness (QED) is 0.549. The topological polar surface area (TPSA) is 91.0 Å². The van der Waals surface area contributed by atoms with Gasteiger partial charge in [-0.1, -0.05) is 30.3 Å². The van der Waals surface area contributed by atoms with Crippen LogP contribution in [0.15, 0.2) is 30.3 Å². The Kier molecular flexibility index (Phi) is 7.54. The second-order valence-electron chi connectivity index (χ2n) is 14.1. The van der Waals surface area contributed by atoms with Gasteiger partial charge in [-0.15, -0.1) is 0 Å². The zero-order chi connectivity index (χ0) is 28.9. The SMILES string of the molecule is CC(C)(C)OC(=O)N[C@H]1CC[C@H](NC2CC(F)C2)C[C@H]2CC[C@@H](C(=O)N3C[C@H](c4ccccc4)CC34CC4)N2C1=O. The number of halogens is 1. The van der Waals surface area contributed by atoms with Crippen LogP contribution in [0.3, 0.4) is 0 Å². The fraction of sp³-hybridized carbons (Fsp3) is 0.719. The Bertz CT molecular complexity index is 1150. The molecule has 224 valence electrons. The highest BCUT2D eigenvalue weighted by atomic mass is 19.1. The molecule has 3 amide bonds. The summed E-state index contributed by atoms with van der Waals surface area (Å²) in [4.78, 5) is 45.1.